The molecule has 1 saturated heterocycles. The van der Waals surface area contributed by atoms with Crippen molar-refractivity contribution in [1.29, 1.82) is 0 Å². The maximum atomic E-state index is 12.4. The molecule has 1 aliphatic rings. The van der Waals surface area contributed by atoms with Crippen LogP contribution in [-0.2, 0) is 4.79 Å². The first-order valence-corrected chi connectivity index (χ1v) is 8.69. The number of hydrogen-bond acceptors (Lipinski definition) is 6. The molecule has 1 atom stereocenters. The van der Waals surface area contributed by atoms with Crippen molar-refractivity contribution in [2.45, 2.75) is 45.7 Å². The van der Waals surface area contributed by atoms with Crippen molar-refractivity contribution in [1.82, 2.24) is 15.0 Å². The van der Waals surface area contributed by atoms with Gasteiger partial charge in [-0.2, -0.15) is 0 Å². The smallest absolute Gasteiger partial charge is 0.242 e. The van der Waals surface area contributed by atoms with Crippen LogP contribution in [-0.4, -0.2) is 46.1 Å². The molecular weight excluding hydrogens is 318 g/mol. The summed E-state index contributed by atoms with van der Waals surface area (Å²) in [4.78, 5) is 19.1. The molecule has 2 aromatic heterocycles. The van der Waals surface area contributed by atoms with E-state index in [1.807, 2.05) is 32.0 Å². The third-order valence-corrected chi connectivity index (χ3v) is 4.58. The lowest BCUT2D eigenvalue weighted by Gasteiger charge is -2.35. The third kappa shape index (κ3) is 4.57. The zero-order chi connectivity index (χ0) is 17.8. The van der Waals surface area contributed by atoms with E-state index in [9.17, 15) is 4.79 Å². The molecule has 1 fully saturated rings. The summed E-state index contributed by atoms with van der Waals surface area (Å²) in [6, 6.07) is 7.90. The van der Waals surface area contributed by atoms with Gasteiger partial charge < -0.3 is 15.2 Å². The van der Waals surface area contributed by atoms with Crippen molar-refractivity contribution in [3.05, 3.63) is 35.7 Å². The Balaban J connectivity index is 1.48. The second-order valence-electron chi connectivity index (χ2n) is 6.61. The Labute approximate surface area is 147 Å². The summed E-state index contributed by atoms with van der Waals surface area (Å²) in [5.41, 5.74) is 1.01. The fraction of sp³-hybridized carbons (Fsp3) is 0.500. The molecule has 2 aromatic rings. The molecule has 1 amide bonds. The number of aryl methyl sites for hydroxylation is 2. The number of likely N-dealkylation sites (tertiary alicyclic amines) is 1. The largest absolute Gasteiger partial charge is 0.367 e. The van der Waals surface area contributed by atoms with Gasteiger partial charge in [0.15, 0.2) is 5.82 Å². The first-order valence-electron chi connectivity index (χ1n) is 8.69. The number of aromatic nitrogens is 2. The summed E-state index contributed by atoms with van der Waals surface area (Å²) < 4.78 is 4.98. The van der Waals surface area contributed by atoms with Gasteiger partial charge >= 0.3 is 0 Å². The average Bonchev–Trinajstić information content (AvgIpc) is 3.00. The zero-order valence-electron chi connectivity index (χ0n) is 15.0. The van der Waals surface area contributed by atoms with Gasteiger partial charge in [0, 0.05) is 30.9 Å². The van der Waals surface area contributed by atoms with Gasteiger partial charge in [0.05, 0.1) is 6.04 Å². The van der Waals surface area contributed by atoms with Crippen molar-refractivity contribution in [2.75, 3.05) is 23.7 Å². The Morgan fingerprint density at radius 2 is 2.04 bits per heavy atom. The second-order valence-corrected chi connectivity index (χ2v) is 6.61. The Morgan fingerprint density at radius 1 is 1.28 bits per heavy atom. The molecule has 7 nitrogen and oxygen atoms in total. The van der Waals surface area contributed by atoms with Crippen LogP contribution in [0.25, 0.3) is 0 Å². The van der Waals surface area contributed by atoms with Gasteiger partial charge in [-0.1, -0.05) is 11.2 Å². The molecule has 0 aliphatic carbocycles. The number of nitrogens with one attached hydrogen (secondary N) is 2. The lowest BCUT2D eigenvalue weighted by Crippen LogP contribution is -2.48. The number of rotatable bonds is 5. The lowest BCUT2D eigenvalue weighted by molar-refractivity contribution is -0.121. The molecule has 0 radical (unpaired) electrons. The molecular formula is C18H25N5O2. The zero-order valence-corrected chi connectivity index (χ0v) is 15.0. The molecule has 25 heavy (non-hydrogen) atoms. The van der Waals surface area contributed by atoms with Crippen molar-refractivity contribution < 1.29 is 9.32 Å². The van der Waals surface area contributed by atoms with Crippen molar-refractivity contribution in [3.8, 4) is 0 Å². The second kappa shape index (κ2) is 7.65. The van der Waals surface area contributed by atoms with Crippen LogP contribution in [0.5, 0.6) is 0 Å². The molecule has 0 aromatic carbocycles. The molecule has 0 unspecified atom stereocenters. The molecule has 0 bridgehead atoms. The van der Waals surface area contributed by atoms with Gasteiger partial charge in [-0.15, -0.1) is 0 Å². The van der Waals surface area contributed by atoms with Crippen LogP contribution in [0.1, 0.15) is 31.2 Å². The van der Waals surface area contributed by atoms with E-state index < -0.39 is 0 Å². The van der Waals surface area contributed by atoms with Gasteiger partial charge in [0.2, 0.25) is 5.91 Å². The molecule has 3 rings (SSSR count). The van der Waals surface area contributed by atoms with E-state index in [0.29, 0.717) is 17.6 Å². The van der Waals surface area contributed by atoms with Crippen LogP contribution in [0.2, 0.25) is 0 Å². The minimum Gasteiger partial charge on any atom is -0.367 e. The average molecular weight is 343 g/mol. The summed E-state index contributed by atoms with van der Waals surface area (Å²) in [6.07, 6.45) is 1.96. The number of carbonyl (C=O) groups is 1. The van der Waals surface area contributed by atoms with E-state index in [-0.39, 0.29) is 11.9 Å². The van der Waals surface area contributed by atoms with E-state index >= 15 is 0 Å². The first kappa shape index (κ1) is 17.4. The number of nitrogens with zero attached hydrogens (tertiary/aromatic N) is 3. The van der Waals surface area contributed by atoms with E-state index in [1.54, 1.807) is 13.0 Å². The van der Waals surface area contributed by atoms with Gasteiger partial charge in [0.1, 0.15) is 11.6 Å². The molecule has 1 aliphatic heterocycles. The Morgan fingerprint density at radius 3 is 2.68 bits per heavy atom. The number of anilines is 2. The predicted octanol–water partition coefficient (Wildman–Crippen LogP) is 2.59. The van der Waals surface area contributed by atoms with Gasteiger partial charge in [-0.05, 0) is 45.7 Å². The van der Waals surface area contributed by atoms with Crippen LogP contribution in [0.4, 0.5) is 11.6 Å². The van der Waals surface area contributed by atoms with Crippen LogP contribution in [0, 0.1) is 13.8 Å². The Bertz CT molecular complexity index is 722. The summed E-state index contributed by atoms with van der Waals surface area (Å²) in [5, 5.41) is 10.1. The Kier molecular flexibility index (Phi) is 5.33. The summed E-state index contributed by atoms with van der Waals surface area (Å²) in [6.45, 7) is 7.46. The highest BCUT2D eigenvalue weighted by Crippen LogP contribution is 2.18. The van der Waals surface area contributed by atoms with E-state index in [1.165, 1.54) is 0 Å². The number of piperidine rings is 1. The molecule has 7 heteroatoms. The van der Waals surface area contributed by atoms with Crippen molar-refractivity contribution >= 4 is 17.5 Å². The molecule has 0 saturated carbocycles. The maximum Gasteiger partial charge on any atom is 0.242 e. The summed E-state index contributed by atoms with van der Waals surface area (Å²) >= 11 is 0. The normalized spacial score (nSPS) is 17.2. The van der Waals surface area contributed by atoms with Crippen LogP contribution >= 0.6 is 0 Å². The van der Waals surface area contributed by atoms with Crippen LogP contribution < -0.4 is 10.6 Å². The van der Waals surface area contributed by atoms with E-state index in [0.717, 1.165) is 37.4 Å². The maximum absolute atomic E-state index is 12.4. The molecule has 134 valence electrons. The summed E-state index contributed by atoms with van der Waals surface area (Å²) in [7, 11) is 0. The van der Waals surface area contributed by atoms with Gasteiger partial charge in [-0.25, -0.2) is 4.98 Å². The minimum absolute atomic E-state index is 0.0555. The van der Waals surface area contributed by atoms with E-state index in [2.05, 4.69) is 25.7 Å². The fourth-order valence-electron chi connectivity index (χ4n) is 3.09. The number of carbonyl (C=O) groups excluding carboxylic acids is 1. The highest BCUT2D eigenvalue weighted by molar-refractivity contribution is 5.93. The number of amides is 1. The summed E-state index contributed by atoms with van der Waals surface area (Å²) in [5.74, 6) is 2.02. The highest BCUT2D eigenvalue weighted by atomic mass is 16.5. The van der Waals surface area contributed by atoms with Crippen LogP contribution in [0.3, 0.4) is 0 Å². The topological polar surface area (TPSA) is 83.3 Å². The predicted molar refractivity (Wildman–Crippen MR) is 96.5 cm³/mol. The van der Waals surface area contributed by atoms with Gasteiger partial charge in [0.25, 0.3) is 0 Å². The van der Waals surface area contributed by atoms with Crippen molar-refractivity contribution in [2.24, 2.45) is 0 Å². The van der Waals surface area contributed by atoms with Crippen molar-refractivity contribution in [3.63, 3.8) is 0 Å². The van der Waals surface area contributed by atoms with Crippen LogP contribution in [0.15, 0.2) is 28.8 Å². The van der Waals surface area contributed by atoms with Gasteiger partial charge in [-0.3, -0.25) is 9.69 Å². The quantitative estimate of drug-likeness (QED) is 0.868. The Hall–Kier alpha value is -2.41. The monoisotopic (exact) mass is 343 g/mol. The third-order valence-electron chi connectivity index (χ3n) is 4.58. The fourth-order valence-corrected chi connectivity index (χ4v) is 3.09. The minimum atomic E-state index is -0.199. The number of hydrogen-bond donors (Lipinski definition) is 2. The molecule has 0 spiro atoms. The molecule has 2 N–H and O–H groups in total. The lowest BCUT2D eigenvalue weighted by atomic mass is 10.0. The SMILES string of the molecule is Cc1cccc(NC2CCN([C@H](C)C(=O)Nc3cc(C)on3)CC2)n1. The first-order chi connectivity index (χ1) is 12.0. The molecule has 3 heterocycles. The number of pyridine rings is 1. The standard InChI is InChI=1S/C18H25N5O2/c1-12-5-4-6-16(19-12)20-15-7-9-23(10-8-15)14(3)18(24)21-17-11-13(2)25-22-17/h4-6,11,14-15H,7-10H2,1-3H3,(H,19,20)(H,21,22,24)/t14-/m1/s1. The van der Waals surface area contributed by atoms with E-state index in [4.69, 9.17) is 4.52 Å². The highest BCUT2D eigenvalue weighted by Gasteiger charge is 2.27.